The standard InChI is InChI=1S/C11H5F6IO2/c12-10(13,14)6-2-3-7(18)9(11(15,16)17)5(6)1-4-8(19)20/h1-4H,(H,19,20)/b4-1+. The van der Waals surface area contributed by atoms with Gasteiger partial charge in [0.2, 0.25) is 0 Å². The van der Waals surface area contributed by atoms with E-state index in [-0.39, 0.29) is 6.08 Å². The van der Waals surface area contributed by atoms with Crippen molar-refractivity contribution < 1.29 is 36.2 Å². The highest BCUT2D eigenvalue weighted by Crippen LogP contribution is 2.42. The second-order valence-corrected chi connectivity index (χ2v) is 4.71. The Balaban J connectivity index is 3.69. The Bertz CT molecular complexity index is 559. The van der Waals surface area contributed by atoms with Crippen LogP contribution in [0.5, 0.6) is 0 Å². The maximum Gasteiger partial charge on any atom is 0.418 e. The Hall–Kier alpha value is -1.26. The zero-order valence-electron chi connectivity index (χ0n) is 9.31. The topological polar surface area (TPSA) is 37.3 Å². The van der Waals surface area contributed by atoms with Crippen molar-refractivity contribution in [3.8, 4) is 0 Å². The molecule has 1 rings (SSSR count). The maximum absolute atomic E-state index is 12.8. The van der Waals surface area contributed by atoms with E-state index >= 15 is 0 Å². The van der Waals surface area contributed by atoms with Gasteiger partial charge in [0, 0.05) is 15.2 Å². The van der Waals surface area contributed by atoms with Crippen LogP contribution in [-0.4, -0.2) is 11.1 Å². The van der Waals surface area contributed by atoms with Crippen molar-refractivity contribution in [1.82, 2.24) is 0 Å². The number of carboxylic acids is 1. The van der Waals surface area contributed by atoms with E-state index in [1.54, 1.807) is 0 Å². The molecule has 0 saturated carbocycles. The second-order valence-electron chi connectivity index (χ2n) is 3.55. The molecular weight excluding hydrogens is 405 g/mol. The summed E-state index contributed by atoms with van der Waals surface area (Å²) in [5, 5.41) is 8.38. The number of hydrogen-bond donors (Lipinski definition) is 1. The highest BCUT2D eigenvalue weighted by Gasteiger charge is 2.41. The van der Waals surface area contributed by atoms with E-state index in [0.29, 0.717) is 18.2 Å². The number of rotatable bonds is 2. The van der Waals surface area contributed by atoms with Gasteiger partial charge in [0.15, 0.2) is 0 Å². The normalized spacial score (nSPS) is 12.9. The lowest BCUT2D eigenvalue weighted by molar-refractivity contribution is -0.144. The van der Waals surface area contributed by atoms with Gasteiger partial charge in [0.25, 0.3) is 0 Å². The molecule has 110 valence electrons. The van der Waals surface area contributed by atoms with Gasteiger partial charge in [0.05, 0.1) is 11.1 Å². The molecule has 2 nitrogen and oxygen atoms in total. The summed E-state index contributed by atoms with van der Waals surface area (Å²) in [4.78, 5) is 10.3. The van der Waals surface area contributed by atoms with Crippen LogP contribution in [0.2, 0.25) is 0 Å². The summed E-state index contributed by atoms with van der Waals surface area (Å²) in [6.45, 7) is 0. The fourth-order valence-electron chi connectivity index (χ4n) is 1.46. The lowest BCUT2D eigenvalue weighted by Gasteiger charge is -2.18. The molecule has 1 aromatic carbocycles. The summed E-state index contributed by atoms with van der Waals surface area (Å²) in [6.07, 6.45) is -9.52. The molecule has 0 amide bonds. The van der Waals surface area contributed by atoms with Crippen molar-refractivity contribution in [2.45, 2.75) is 12.4 Å². The molecule has 1 N–H and O–H groups in total. The average molecular weight is 410 g/mol. The van der Waals surface area contributed by atoms with Crippen molar-refractivity contribution >= 4 is 34.6 Å². The lowest BCUT2D eigenvalue weighted by atomic mass is 9.99. The molecule has 20 heavy (non-hydrogen) atoms. The average Bonchev–Trinajstić information content (AvgIpc) is 2.22. The van der Waals surface area contributed by atoms with Gasteiger partial charge in [-0.05, 0) is 40.8 Å². The summed E-state index contributed by atoms with van der Waals surface area (Å²) in [7, 11) is 0. The third-order valence-electron chi connectivity index (χ3n) is 2.18. The number of hydrogen-bond acceptors (Lipinski definition) is 1. The first-order valence-electron chi connectivity index (χ1n) is 4.82. The van der Waals surface area contributed by atoms with E-state index < -0.39 is 38.6 Å². The molecule has 0 aliphatic heterocycles. The Morgan fingerprint density at radius 1 is 1.10 bits per heavy atom. The molecule has 0 aliphatic rings. The smallest absolute Gasteiger partial charge is 0.418 e. The van der Waals surface area contributed by atoms with Gasteiger partial charge in [-0.2, -0.15) is 26.3 Å². The highest BCUT2D eigenvalue weighted by molar-refractivity contribution is 14.1. The quantitative estimate of drug-likeness (QED) is 0.445. The van der Waals surface area contributed by atoms with Gasteiger partial charge in [-0.1, -0.05) is 0 Å². The Labute approximate surface area is 122 Å². The molecule has 0 heterocycles. The van der Waals surface area contributed by atoms with Gasteiger partial charge >= 0.3 is 18.3 Å². The zero-order valence-corrected chi connectivity index (χ0v) is 11.5. The van der Waals surface area contributed by atoms with Crippen molar-refractivity contribution in [3.05, 3.63) is 38.5 Å². The van der Waals surface area contributed by atoms with Crippen molar-refractivity contribution in [3.63, 3.8) is 0 Å². The molecule has 0 radical (unpaired) electrons. The number of carbonyl (C=O) groups is 1. The molecule has 0 bridgehead atoms. The molecule has 0 fully saturated rings. The first-order chi connectivity index (χ1) is 8.94. The summed E-state index contributed by atoms with van der Waals surface area (Å²) < 4.78 is 76.3. The van der Waals surface area contributed by atoms with E-state index in [9.17, 15) is 31.1 Å². The monoisotopic (exact) mass is 410 g/mol. The van der Waals surface area contributed by atoms with Crippen LogP contribution < -0.4 is 0 Å². The molecule has 0 spiro atoms. The number of carboxylic acid groups (broad SMARTS) is 1. The fourth-order valence-corrected chi connectivity index (χ4v) is 2.23. The van der Waals surface area contributed by atoms with Crippen LogP contribution in [0, 0.1) is 3.57 Å². The van der Waals surface area contributed by atoms with E-state index in [0.717, 1.165) is 0 Å². The van der Waals surface area contributed by atoms with Gasteiger partial charge < -0.3 is 5.11 Å². The number of aliphatic carboxylic acids is 1. The molecule has 1 aromatic rings. The first-order valence-corrected chi connectivity index (χ1v) is 5.90. The van der Waals surface area contributed by atoms with E-state index in [1.165, 1.54) is 22.6 Å². The van der Waals surface area contributed by atoms with Crippen molar-refractivity contribution in [2.24, 2.45) is 0 Å². The predicted molar refractivity (Wildman–Crippen MR) is 65.8 cm³/mol. The predicted octanol–water partition coefficient (Wildman–Crippen LogP) is 4.43. The van der Waals surface area contributed by atoms with Gasteiger partial charge in [-0.3, -0.25) is 0 Å². The zero-order chi connectivity index (χ0) is 15.7. The van der Waals surface area contributed by atoms with Gasteiger partial charge in [0.1, 0.15) is 0 Å². The maximum atomic E-state index is 12.8. The number of halogens is 7. The molecule has 0 aliphatic carbocycles. The second kappa shape index (κ2) is 5.62. The summed E-state index contributed by atoms with van der Waals surface area (Å²) in [5.41, 5.74) is -4.26. The molecular formula is C11H5F6IO2. The van der Waals surface area contributed by atoms with Gasteiger partial charge in [-0.25, -0.2) is 4.79 Å². The van der Waals surface area contributed by atoms with Crippen LogP contribution in [0.4, 0.5) is 26.3 Å². The molecule has 0 unspecified atom stereocenters. The summed E-state index contributed by atoms with van der Waals surface area (Å²) >= 11 is 1.24. The Morgan fingerprint density at radius 3 is 2.05 bits per heavy atom. The third kappa shape index (κ3) is 3.87. The Morgan fingerprint density at radius 2 is 1.65 bits per heavy atom. The lowest BCUT2D eigenvalue weighted by Crippen LogP contribution is -2.16. The molecule has 0 aromatic heterocycles. The van der Waals surface area contributed by atoms with Crippen LogP contribution in [-0.2, 0) is 17.1 Å². The number of alkyl halides is 6. The molecule has 9 heteroatoms. The number of benzene rings is 1. The highest BCUT2D eigenvalue weighted by atomic mass is 127. The van der Waals surface area contributed by atoms with Crippen LogP contribution >= 0.6 is 22.6 Å². The van der Waals surface area contributed by atoms with E-state index in [1.807, 2.05) is 0 Å². The summed E-state index contributed by atoms with van der Waals surface area (Å²) in [6, 6.07) is 1.17. The van der Waals surface area contributed by atoms with Crippen LogP contribution in [0.3, 0.4) is 0 Å². The van der Waals surface area contributed by atoms with Crippen LogP contribution in [0.1, 0.15) is 16.7 Å². The third-order valence-corrected chi connectivity index (χ3v) is 3.08. The van der Waals surface area contributed by atoms with Gasteiger partial charge in [-0.15, -0.1) is 0 Å². The minimum absolute atomic E-state index is 0.232. The van der Waals surface area contributed by atoms with Crippen LogP contribution in [0.25, 0.3) is 6.08 Å². The SMILES string of the molecule is O=C(O)/C=C/c1c(C(F)(F)F)ccc(I)c1C(F)(F)F. The van der Waals surface area contributed by atoms with Crippen molar-refractivity contribution in [1.29, 1.82) is 0 Å². The largest absolute Gasteiger partial charge is 0.478 e. The Kier molecular flexibility index (Phi) is 4.72. The molecule has 0 atom stereocenters. The van der Waals surface area contributed by atoms with E-state index in [2.05, 4.69) is 0 Å². The van der Waals surface area contributed by atoms with Crippen molar-refractivity contribution in [2.75, 3.05) is 0 Å². The minimum Gasteiger partial charge on any atom is -0.478 e. The first kappa shape index (κ1) is 16.8. The minimum atomic E-state index is -5.03. The molecule has 0 saturated heterocycles. The van der Waals surface area contributed by atoms with E-state index in [4.69, 9.17) is 5.11 Å². The van der Waals surface area contributed by atoms with Crippen LogP contribution in [0.15, 0.2) is 18.2 Å². The fraction of sp³-hybridized carbons (Fsp3) is 0.182. The summed E-state index contributed by atoms with van der Waals surface area (Å²) in [5.74, 6) is -1.65.